The van der Waals surface area contributed by atoms with Gasteiger partial charge < -0.3 is 19.8 Å². The van der Waals surface area contributed by atoms with Crippen LogP contribution in [0, 0.1) is 0 Å². The van der Waals surface area contributed by atoms with Crippen LogP contribution in [0.2, 0.25) is 0 Å². The number of hydrogen-bond acceptors (Lipinski definition) is 7. The summed E-state index contributed by atoms with van der Waals surface area (Å²) in [5, 5.41) is 23.4. The van der Waals surface area contributed by atoms with Gasteiger partial charge >= 0.3 is 0 Å². The first-order valence-electron chi connectivity index (χ1n) is 7.12. The molecule has 0 unspecified atom stereocenters. The molecule has 0 aliphatic carbocycles. The number of aromatic nitrogens is 4. The summed E-state index contributed by atoms with van der Waals surface area (Å²) < 4.78 is 6.98. The summed E-state index contributed by atoms with van der Waals surface area (Å²) in [6.07, 6.45) is 1.10. The third-order valence-corrected chi connectivity index (χ3v) is 3.52. The first-order chi connectivity index (χ1) is 11.0. The highest BCUT2D eigenvalue weighted by Gasteiger charge is 2.35. The van der Waals surface area contributed by atoms with Gasteiger partial charge in [0.2, 0.25) is 5.95 Å². The van der Waals surface area contributed by atoms with Gasteiger partial charge in [0.15, 0.2) is 11.9 Å². The number of aromatic amines is 1. The fourth-order valence-corrected chi connectivity index (χ4v) is 2.40. The SMILES string of the molecule is CN(C)/C=N/c1nc2c(cnn2[C@H]2C[C@H](O)[C@@H](CO)O2)c(=O)[nH]1. The molecule has 3 heterocycles. The van der Waals surface area contributed by atoms with Crippen LogP contribution in [0.1, 0.15) is 12.6 Å². The van der Waals surface area contributed by atoms with Gasteiger partial charge in [0.05, 0.1) is 25.2 Å². The molecule has 1 saturated heterocycles. The minimum Gasteiger partial charge on any atom is -0.394 e. The number of ether oxygens (including phenoxy) is 1. The van der Waals surface area contributed by atoms with Crippen LogP contribution < -0.4 is 5.56 Å². The molecule has 0 aromatic carbocycles. The molecule has 0 saturated carbocycles. The van der Waals surface area contributed by atoms with Gasteiger partial charge in [0.25, 0.3) is 5.56 Å². The fourth-order valence-electron chi connectivity index (χ4n) is 2.40. The van der Waals surface area contributed by atoms with Gasteiger partial charge in [-0.2, -0.15) is 10.1 Å². The minimum atomic E-state index is -0.794. The van der Waals surface area contributed by atoms with Crippen molar-refractivity contribution in [2.45, 2.75) is 24.9 Å². The second-order valence-electron chi connectivity index (χ2n) is 5.54. The van der Waals surface area contributed by atoms with E-state index >= 15 is 0 Å². The summed E-state index contributed by atoms with van der Waals surface area (Å²) in [5.41, 5.74) is -0.0418. The quantitative estimate of drug-likeness (QED) is 0.485. The molecule has 0 amide bonds. The van der Waals surface area contributed by atoms with Crippen LogP contribution in [0.5, 0.6) is 0 Å². The van der Waals surface area contributed by atoms with E-state index in [1.807, 2.05) is 0 Å². The highest BCUT2D eigenvalue weighted by Crippen LogP contribution is 2.29. The Morgan fingerprint density at radius 3 is 3.04 bits per heavy atom. The first-order valence-corrected chi connectivity index (χ1v) is 7.12. The van der Waals surface area contributed by atoms with Gasteiger partial charge in [0.1, 0.15) is 11.5 Å². The van der Waals surface area contributed by atoms with Crippen molar-refractivity contribution in [1.29, 1.82) is 0 Å². The maximum atomic E-state index is 12.1. The predicted octanol–water partition coefficient (Wildman–Crippen LogP) is -1.02. The van der Waals surface area contributed by atoms with E-state index in [9.17, 15) is 9.90 Å². The molecule has 23 heavy (non-hydrogen) atoms. The van der Waals surface area contributed by atoms with Crippen LogP contribution in [0.15, 0.2) is 16.0 Å². The van der Waals surface area contributed by atoms with E-state index in [-0.39, 0.29) is 24.5 Å². The smallest absolute Gasteiger partial charge is 0.263 e. The second-order valence-corrected chi connectivity index (χ2v) is 5.54. The third-order valence-electron chi connectivity index (χ3n) is 3.52. The predicted molar refractivity (Wildman–Crippen MR) is 81.6 cm³/mol. The molecule has 3 rings (SSSR count). The van der Waals surface area contributed by atoms with E-state index < -0.39 is 18.4 Å². The lowest BCUT2D eigenvalue weighted by molar-refractivity contribution is -0.0470. The number of hydrogen-bond donors (Lipinski definition) is 3. The number of H-pyrrole nitrogens is 1. The second kappa shape index (κ2) is 6.07. The van der Waals surface area contributed by atoms with Gasteiger partial charge in [-0.25, -0.2) is 9.67 Å². The molecule has 2 aromatic heterocycles. The Hall–Kier alpha value is -2.30. The van der Waals surface area contributed by atoms with Crippen molar-refractivity contribution in [1.82, 2.24) is 24.6 Å². The molecule has 124 valence electrons. The molecule has 2 aromatic rings. The fraction of sp³-hybridized carbons (Fsp3) is 0.538. The van der Waals surface area contributed by atoms with Gasteiger partial charge in [-0.1, -0.05) is 0 Å². The first kappa shape index (κ1) is 15.6. The van der Waals surface area contributed by atoms with Gasteiger partial charge in [-0.05, 0) is 0 Å². The molecule has 3 N–H and O–H groups in total. The van der Waals surface area contributed by atoms with Crippen LogP contribution in [-0.2, 0) is 4.74 Å². The number of aliphatic hydroxyl groups excluding tert-OH is 2. The standard InChI is InChI=1S/C13H18N6O4/c1-18(2)6-14-13-16-11-7(12(22)17-13)4-15-19(11)10-3-8(21)9(5-20)23-10/h4,6,8-10,20-21H,3,5H2,1-2H3,(H,16,17,22)/b14-6+/t8-,9+,10+/m0/s1. The Balaban J connectivity index is 2.00. The van der Waals surface area contributed by atoms with E-state index in [2.05, 4.69) is 20.1 Å². The van der Waals surface area contributed by atoms with Crippen molar-refractivity contribution in [3.8, 4) is 0 Å². The molecule has 0 bridgehead atoms. The van der Waals surface area contributed by atoms with E-state index in [1.165, 1.54) is 17.2 Å². The lowest BCUT2D eigenvalue weighted by Gasteiger charge is -2.12. The lowest BCUT2D eigenvalue weighted by Crippen LogP contribution is -2.24. The monoisotopic (exact) mass is 322 g/mol. The van der Waals surface area contributed by atoms with Gasteiger partial charge in [-0.15, -0.1) is 0 Å². The van der Waals surface area contributed by atoms with Crippen LogP contribution in [0.3, 0.4) is 0 Å². The average Bonchev–Trinajstić information content (AvgIpc) is 3.08. The minimum absolute atomic E-state index is 0.148. The Kier molecular flexibility index (Phi) is 4.11. The van der Waals surface area contributed by atoms with Crippen molar-refractivity contribution >= 4 is 23.3 Å². The zero-order valence-electron chi connectivity index (χ0n) is 12.7. The summed E-state index contributed by atoms with van der Waals surface area (Å²) in [4.78, 5) is 24.7. The number of aliphatic hydroxyl groups is 2. The molecular formula is C13H18N6O4. The molecule has 1 fully saturated rings. The van der Waals surface area contributed by atoms with Crippen LogP contribution >= 0.6 is 0 Å². The molecule has 10 nitrogen and oxygen atoms in total. The number of aliphatic imine (C=N–C) groups is 1. The highest BCUT2D eigenvalue weighted by molar-refractivity contribution is 5.74. The normalized spacial score (nSPS) is 24.8. The molecule has 1 aliphatic heterocycles. The molecular weight excluding hydrogens is 304 g/mol. The van der Waals surface area contributed by atoms with Crippen molar-refractivity contribution in [2.24, 2.45) is 4.99 Å². The van der Waals surface area contributed by atoms with Crippen LogP contribution in [-0.4, -0.2) is 74.1 Å². The molecule has 3 atom stereocenters. The number of nitrogens with one attached hydrogen (secondary N) is 1. The van der Waals surface area contributed by atoms with Crippen molar-refractivity contribution < 1.29 is 14.9 Å². The van der Waals surface area contributed by atoms with E-state index in [1.54, 1.807) is 19.0 Å². The zero-order chi connectivity index (χ0) is 16.6. The van der Waals surface area contributed by atoms with E-state index in [0.717, 1.165) is 0 Å². The average molecular weight is 322 g/mol. The molecule has 0 radical (unpaired) electrons. The summed E-state index contributed by atoms with van der Waals surface area (Å²) in [7, 11) is 3.60. The number of nitrogens with zero attached hydrogens (tertiary/aromatic N) is 5. The van der Waals surface area contributed by atoms with Gasteiger partial charge in [0, 0.05) is 20.5 Å². The summed E-state index contributed by atoms with van der Waals surface area (Å²) in [5.74, 6) is 0.148. The van der Waals surface area contributed by atoms with E-state index in [4.69, 9.17) is 9.84 Å². The molecule has 0 spiro atoms. The lowest BCUT2D eigenvalue weighted by atomic mass is 10.2. The zero-order valence-corrected chi connectivity index (χ0v) is 12.7. The number of fused-ring (bicyclic) bond motifs is 1. The third kappa shape index (κ3) is 2.96. The summed E-state index contributed by atoms with van der Waals surface area (Å²) in [6.45, 7) is -0.288. The summed E-state index contributed by atoms with van der Waals surface area (Å²) >= 11 is 0. The maximum absolute atomic E-state index is 12.1. The molecule has 1 aliphatic rings. The molecule has 10 heteroatoms. The van der Waals surface area contributed by atoms with Crippen LogP contribution in [0.25, 0.3) is 11.0 Å². The van der Waals surface area contributed by atoms with Crippen molar-refractivity contribution in [3.63, 3.8) is 0 Å². The Morgan fingerprint density at radius 1 is 1.61 bits per heavy atom. The van der Waals surface area contributed by atoms with Crippen LogP contribution in [0.4, 0.5) is 5.95 Å². The van der Waals surface area contributed by atoms with Crippen molar-refractivity contribution in [3.05, 3.63) is 16.6 Å². The highest BCUT2D eigenvalue weighted by atomic mass is 16.5. The Labute approximate surface area is 131 Å². The summed E-state index contributed by atoms with van der Waals surface area (Å²) in [6, 6.07) is 0. The van der Waals surface area contributed by atoms with Gasteiger partial charge in [-0.3, -0.25) is 9.78 Å². The topological polar surface area (TPSA) is 129 Å². The van der Waals surface area contributed by atoms with E-state index in [0.29, 0.717) is 11.0 Å². The Morgan fingerprint density at radius 2 is 2.39 bits per heavy atom. The number of rotatable bonds is 4. The van der Waals surface area contributed by atoms with Crippen molar-refractivity contribution in [2.75, 3.05) is 20.7 Å². The largest absolute Gasteiger partial charge is 0.394 e. The Bertz CT molecular complexity index is 782. The maximum Gasteiger partial charge on any atom is 0.263 e.